The maximum atomic E-state index is 12.6. The van der Waals surface area contributed by atoms with Gasteiger partial charge in [-0.2, -0.15) is 0 Å². The highest BCUT2D eigenvalue weighted by Crippen LogP contribution is 2.24. The maximum Gasteiger partial charge on any atom is 0.311 e. The smallest absolute Gasteiger partial charge is 0.311 e. The predicted octanol–water partition coefficient (Wildman–Crippen LogP) is 4.01. The monoisotopic (exact) mass is 347 g/mol. The Morgan fingerprint density at radius 3 is 2.81 bits per heavy atom. The second-order valence-electron chi connectivity index (χ2n) is 6.87. The number of hydrogen-bond donors (Lipinski definition) is 1. The molecule has 0 spiro atoms. The number of aryl methyl sites for hydroxylation is 2. The summed E-state index contributed by atoms with van der Waals surface area (Å²) in [6.45, 7) is 1.64. The van der Waals surface area contributed by atoms with Crippen molar-refractivity contribution in [3.8, 4) is 0 Å². The van der Waals surface area contributed by atoms with Gasteiger partial charge in [-0.3, -0.25) is 9.59 Å². The summed E-state index contributed by atoms with van der Waals surface area (Å²) >= 11 is 0. The van der Waals surface area contributed by atoms with E-state index in [1.54, 1.807) is 6.92 Å². The molecule has 1 aliphatic rings. The fraction of sp³-hybridized carbons (Fsp3) is 0.273. The molecule has 1 unspecified atom stereocenters. The number of carbonyl (C=O) groups is 2. The van der Waals surface area contributed by atoms with Crippen molar-refractivity contribution in [2.75, 3.05) is 0 Å². The number of hydrogen-bond acceptors (Lipinski definition) is 3. The lowest BCUT2D eigenvalue weighted by molar-refractivity contribution is -0.145. The van der Waals surface area contributed by atoms with Crippen molar-refractivity contribution in [2.24, 2.45) is 0 Å². The van der Waals surface area contributed by atoms with E-state index < -0.39 is 12.1 Å². The fourth-order valence-corrected chi connectivity index (χ4v) is 3.69. The first-order chi connectivity index (χ1) is 12.6. The minimum absolute atomic E-state index is 0.145. The molecule has 3 aromatic rings. The van der Waals surface area contributed by atoms with E-state index >= 15 is 0 Å². The Morgan fingerprint density at radius 1 is 1.12 bits per heavy atom. The van der Waals surface area contributed by atoms with E-state index in [-0.39, 0.29) is 12.2 Å². The van der Waals surface area contributed by atoms with Crippen LogP contribution in [0.2, 0.25) is 0 Å². The van der Waals surface area contributed by atoms with Crippen molar-refractivity contribution >= 4 is 22.7 Å². The summed E-state index contributed by atoms with van der Waals surface area (Å²) in [6.07, 6.45) is 4.42. The molecule has 0 fully saturated rings. The second-order valence-corrected chi connectivity index (χ2v) is 6.87. The number of benzene rings is 2. The van der Waals surface area contributed by atoms with Gasteiger partial charge >= 0.3 is 5.97 Å². The van der Waals surface area contributed by atoms with Gasteiger partial charge in [-0.1, -0.05) is 30.3 Å². The maximum absolute atomic E-state index is 12.6. The summed E-state index contributed by atoms with van der Waals surface area (Å²) in [5.41, 5.74) is 5.05. The Bertz CT molecular complexity index is 986. The van der Waals surface area contributed by atoms with Crippen LogP contribution in [0.25, 0.3) is 10.9 Å². The third kappa shape index (κ3) is 3.15. The standard InChI is InChI=1S/C22H21NO3/c1-14(22(25)17-10-9-15-5-4-6-16(15)11-17)26-21(24)12-18-13-23-20-8-3-2-7-19(18)20/h2-3,7-11,13-14,23H,4-6,12H2,1H3. The number of aromatic amines is 1. The highest BCUT2D eigenvalue weighted by Gasteiger charge is 2.22. The van der Waals surface area contributed by atoms with Gasteiger partial charge < -0.3 is 9.72 Å². The number of ether oxygens (including phenoxy) is 1. The van der Waals surface area contributed by atoms with Crippen LogP contribution in [0.5, 0.6) is 0 Å². The Balaban J connectivity index is 1.43. The van der Waals surface area contributed by atoms with Crippen LogP contribution in [-0.2, 0) is 28.8 Å². The van der Waals surface area contributed by atoms with Crippen molar-refractivity contribution in [1.82, 2.24) is 4.98 Å². The van der Waals surface area contributed by atoms with Crippen molar-refractivity contribution in [3.05, 3.63) is 70.9 Å². The van der Waals surface area contributed by atoms with Crippen LogP contribution in [0.15, 0.2) is 48.7 Å². The van der Waals surface area contributed by atoms with E-state index in [1.165, 1.54) is 11.1 Å². The summed E-state index contributed by atoms with van der Waals surface area (Å²) in [7, 11) is 0. The SMILES string of the molecule is CC(OC(=O)Cc1c[nH]c2ccccc12)C(=O)c1ccc2c(c1)CCC2. The molecule has 2 aromatic carbocycles. The minimum atomic E-state index is -0.785. The molecule has 4 heteroatoms. The Labute approximate surface area is 152 Å². The zero-order chi connectivity index (χ0) is 18.1. The number of esters is 1. The molecule has 26 heavy (non-hydrogen) atoms. The predicted molar refractivity (Wildman–Crippen MR) is 100 cm³/mol. The molecule has 132 valence electrons. The van der Waals surface area contributed by atoms with Crippen molar-refractivity contribution < 1.29 is 14.3 Å². The van der Waals surface area contributed by atoms with Crippen LogP contribution in [0.4, 0.5) is 0 Å². The lowest BCUT2D eigenvalue weighted by Gasteiger charge is -2.13. The summed E-state index contributed by atoms with van der Waals surface area (Å²) in [5, 5.41) is 1.00. The van der Waals surface area contributed by atoms with Crippen LogP contribution < -0.4 is 0 Å². The van der Waals surface area contributed by atoms with Crippen LogP contribution in [0.1, 0.15) is 40.4 Å². The van der Waals surface area contributed by atoms with Crippen molar-refractivity contribution in [2.45, 2.75) is 38.7 Å². The van der Waals surface area contributed by atoms with Gasteiger partial charge in [-0.15, -0.1) is 0 Å². The number of carbonyl (C=O) groups excluding carboxylic acids is 2. The quantitative estimate of drug-likeness (QED) is 0.560. The molecule has 0 aliphatic heterocycles. The molecule has 4 rings (SSSR count). The number of aromatic nitrogens is 1. The number of nitrogens with one attached hydrogen (secondary N) is 1. The summed E-state index contributed by atoms with van der Waals surface area (Å²) in [5.74, 6) is -0.538. The highest BCUT2D eigenvalue weighted by atomic mass is 16.5. The summed E-state index contributed by atoms with van der Waals surface area (Å²) in [4.78, 5) is 28.1. The number of para-hydroxylation sites is 1. The number of H-pyrrole nitrogens is 1. The van der Waals surface area contributed by atoms with Crippen LogP contribution in [-0.4, -0.2) is 22.8 Å². The molecule has 0 bridgehead atoms. The first-order valence-corrected chi connectivity index (χ1v) is 9.02. The van der Waals surface area contributed by atoms with Gasteiger partial charge in [0.2, 0.25) is 5.78 Å². The molecule has 0 radical (unpaired) electrons. The molecule has 1 N–H and O–H groups in total. The zero-order valence-corrected chi connectivity index (χ0v) is 14.7. The van der Waals surface area contributed by atoms with Gasteiger partial charge in [0.1, 0.15) is 0 Å². The molecule has 4 nitrogen and oxygen atoms in total. The van der Waals surface area contributed by atoms with E-state index in [9.17, 15) is 9.59 Å². The molecular formula is C22H21NO3. The minimum Gasteiger partial charge on any atom is -0.454 e. The number of ketones is 1. The normalized spacial score (nSPS) is 14.2. The molecule has 0 amide bonds. The fourth-order valence-electron chi connectivity index (χ4n) is 3.69. The number of Topliss-reactive ketones (excluding diaryl/α,β-unsaturated/α-hetero) is 1. The zero-order valence-electron chi connectivity index (χ0n) is 14.7. The van der Waals surface area contributed by atoms with Gasteiger partial charge in [0.25, 0.3) is 0 Å². The molecular weight excluding hydrogens is 326 g/mol. The lowest BCUT2D eigenvalue weighted by atomic mass is 10.0. The Kier molecular flexibility index (Phi) is 4.33. The highest BCUT2D eigenvalue weighted by molar-refractivity contribution is 6.00. The van der Waals surface area contributed by atoms with E-state index in [0.717, 1.165) is 35.7 Å². The third-order valence-electron chi connectivity index (χ3n) is 5.07. The molecule has 1 atom stereocenters. The van der Waals surface area contributed by atoms with Gasteiger partial charge in [0, 0.05) is 22.7 Å². The average Bonchev–Trinajstić information content (AvgIpc) is 3.27. The van der Waals surface area contributed by atoms with Crippen LogP contribution in [0.3, 0.4) is 0 Å². The van der Waals surface area contributed by atoms with Crippen molar-refractivity contribution in [1.29, 1.82) is 0 Å². The van der Waals surface area contributed by atoms with E-state index in [2.05, 4.69) is 4.98 Å². The molecule has 1 heterocycles. The summed E-state index contributed by atoms with van der Waals surface area (Å²) < 4.78 is 5.41. The van der Waals surface area contributed by atoms with Gasteiger partial charge in [0.15, 0.2) is 6.10 Å². The molecule has 1 aromatic heterocycles. The lowest BCUT2D eigenvalue weighted by Crippen LogP contribution is -2.25. The van der Waals surface area contributed by atoms with Crippen molar-refractivity contribution in [3.63, 3.8) is 0 Å². The summed E-state index contributed by atoms with van der Waals surface area (Å²) in [6, 6.07) is 13.6. The van der Waals surface area contributed by atoms with Gasteiger partial charge in [-0.25, -0.2) is 0 Å². The topological polar surface area (TPSA) is 59.2 Å². The van der Waals surface area contributed by atoms with Gasteiger partial charge in [-0.05, 0) is 55.0 Å². The van der Waals surface area contributed by atoms with E-state index in [1.807, 2.05) is 48.7 Å². The molecule has 0 saturated heterocycles. The number of fused-ring (bicyclic) bond motifs is 2. The average molecular weight is 347 g/mol. The largest absolute Gasteiger partial charge is 0.454 e. The second kappa shape index (κ2) is 6.79. The Morgan fingerprint density at radius 2 is 1.92 bits per heavy atom. The molecule has 0 saturated carbocycles. The van der Waals surface area contributed by atoms with Crippen LogP contribution in [0, 0.1) is 0 Å². The Hall–Kier alpha value is -2.88. The van der Waals surface area contributed by atoms with Gasteiger partial charge in [0.05, 0.1) is 6.42 Å². The molecule has 1 aliphatic carbocycles. The first kappa shape index (κ1) is 16.6. The van der Waals surface area contributed by atoms with Crippen LogP contribution >= 0.6 is 0 Å². The van der Waals surface area contributed by atoms with E-state index in [0.29, 0.717) is 5.56 Å². The van der Waals surface area contributed by atoms with E-state index in [4.69, 9.17) is 4.74 Å². The third-order valence-corrected chi connectivity index (χ3v) is 5.07. The number of rotatable bonds is 5. The first-order valence-electron chi connectivity index (χ1n) is 9.02.